The van der Waals surface area contributed by atoms with E-state index >= 15 is 0 Å². The monoisotopic (exact) mass is 711 g/mol. The highest BCUT2D eigenvalue weighted by Gasteiger charge is 2.22. The molecule has 0 aliphatic rings. The molecule has 6 nitrogen and oxygen atoms in total. The van der Waals surface area contributed by atoms with Crippen molar-refractivity contribution in [2.45, 2.75) is 0 Å². The van der Waals surface area contributed by atoms with Gasteiger partial charge < -0.3 is 8.98 Å². The number of rotatable bonds is 5. The maximum atomic E-state index is 6.44. The van der Waals surface area contributed by atoms with Crippen molar-refractivity contribution in [2.24, 2.45) is 0 Å². The van der Waals surface area contributed by atoms with Crippen LogP contribution in [0.1, 0.15) is 0 Å². The molecule has 3 heterocycles. The normalized spacial score (nSPS) is 11.6. The van der Waals surface area contributed by atoms with Crippen molar-refractivity contribution in [3.63, 3.8) is 0 Å². The summed E-state index contributed by atoms with van der Waals surface area (Å²) in [5.41, 5.74) is 21.1. The first kappa shape index (κ1) is 35.9. The minimum absolute atomic E-state index is 0.561. The molecule has 16 heteroatoms. The number of para-hydroxylation sites is 2. The zero-order chi connectivity index (χ0) is 39.2. The molecular weight excluding hydrogens is 675 g/mol. The van der Waals surface area contributed by atoms with Gasteiger partial charge in [-0.05, 0) is 48.5 Å². The van der Waals surface area contributed by atoms with Gasteiger partial charge in [0.05, 0.1) is 11.0 Å². The van der Waals surface area contributed by atoms with Crippen LogP contribution < -0.4 is 54.6 Å². The summed E-state index contributed by atoms with van der Waals surface area (Å²) in [4.78, 5) is 20.8. The number of hydrogen-bond donors (Lipinski definition) is 0. The van der Waals surface area contributed by atoms with Gasteiger partial charge in [0.2, 0.25) is 5.89 Å². The lowest BCUT2D eigenvalue weighted by molar-refractivity contribution is 0.620. The van der Waals surface area contributed by atoms with Gasteiger partial charge >= 0.3 is 0 Å². The quantitative estimate of drug-likeness (QED) is 0.166. The van der Waals surface area contributed by atoms with Crippen molar-refractivity contribution in [1.29, 1.82) is 0 Å². The fourth-order valence-electron chi connectivity index (χ4n) is 8.57. The van der Waals surface area contributed by atoms with Gasteiger partial charge in [-0.25, -0.2) is 19.9 Å². The molecule has 0 atom stereocenters. The van der Waals surface area contributed by atoms with Gasteiger partial charge in [-0.1, -0.05) is 64.3 Å². The summed E-state index contributed by atoms with van der Waals surface area (Å²) in [7, 11) is 21.9. The molecule has 0 spiro atoms. The standard InChI is InChI=1S/C40H35B10N5O/c41-27-25(28(42)32(46)35(49)31(27)45)38-52-37(53-39(54-38)26-29(43)33(47)36(50)34(48)30(26)44)16-12-13-24-21(15-16)51-40(56-24)17-6-5-7-18(14-17)55-22-10-3-1-8-19(22)20-9-2-4-11-23(20)55/h1-15H,41-50H2. The van der Waals surface area contributed by atoms with Crippen molar-refractivity contribution in [1.82, 2.24) is 24.5 Å². The van der Waals surface area contributed by atoms with E-state index in [0.29, 0.717) is 28.9 Å². The second-order valence-electron chi connectivity index (χ2n) is 15.4. The highest BCUT2D eigenvalue weighted by molar-refractivity contribution is 6.69. The first-order valence-electron chi connectivity index (χ1n) is 19.3. The first-order chi connectivity index (χ1) is 26.9. The Morgan fingerprint density at radius 3 is 1.43 bits per heavy atom. The summed E-state index contributed by atoms with van der Waals surface area (Å²) in [6.45, 7) is 0. The van der Waals surface area contributed by atoms with Crippen LogP contribution in [0, 0.1) is 0 Å². The molecule has 0 saturated carbocycles. The van der Waals surface area contributed by atoms with Crippen LogP contribution >= 0.6 is 0 Å². The Morgan fingerprint density at radius 2 is 0.893 bits per heavy atom. The summed E-state index contributed by atoms with van der Waals surface area (Å²) in [6, 6.07) is 31.6. The largest absolute Gasteiger partial charge is 0.436 e. The minimum atomic E-state index is 0.561. The van der Waals surface area contributed by atoms with E-state index in [2.05, 4.69) is 156 Å². The molecule has 9 rings (SSSR count). The molecule has 0 fully saturated rings. The lowest BCUT2D eigenvalue weighted by atomic mass is 9.60. The van der Waals surface area contributed by atoms with Crippen LogP contribution in [0.3, 0.4) is 0 Å². The predicted octanol–water partition coefficient (Wildman–Crippen LogP) is -7.64. The van der Waals surface area contributed by atoms with E-state index in [-0.39, 0.29) is 0 Å². The summed E-state index contributed by atoms with van der Waals surface area (Å²) in [5, 5.41) is 2.45. The minimum Gasteiger partial charge on any atom is -0.436 e. The Morgan fingerprint density at radius 1 is 0.411 bits per heavy atom. The van der Waals surface area contributed by atoms with Gasteiger partial charge in [0, 0.05) is 38.7 Å². The number of fused-ring (bicyclic) bond motifs is 4. The van der Waals surface area contributed by atoms with E-state index in [1.54, 1.807) is 0 Å². The van der Waals surface area contributed by atoms with E-state index in [1.165, 1.54) is 65.4 Å². The van der Waals surface area contributed by atoms with E-state index in [0.717, 1.165) is 44.5 Å². The smallest absolute Gasteiger partial charge is 0.227 e. The van der Waals surface area contributed by atoms with E-state index in [1.807, 2.05) is 18.2 Å². The van der Waals surface area contributed by atoms with Gasteiger partial charge in [0.15, 0.2) is 23.1 Å². The van der Waals surface area contributed by atoms with Crippen molar-refractivity contribution < 1.29 is 4.42 Å². The van der Waals surface area contributed by atoms with Gasteiger partial charge in [-0.2, -0.15) is 0 Å². The van der Waals surface area contributed by atoms with Gasteiger partial charge in [-0.15, -0.1) is 32.8 Å². The van der Waals surface area contributed by atoms with E-state index < -0.39 is 0 Å². The average molecular weight is 710 g/mol. The molecule has 6 aromatic carbocycles. The maximum absolute atomic E-state index is 6.44. The van der Waals surface area contributed by atoms with E-state index in [4.69, 9.17) is 24.4 Å². The van der Waals surface area contributed by atoms with Crippen molar-refractivity contribution >= 4 is 166 Å². The molecule has 0 saturated heterocycles. The Kier molecular flexibility index (Phi) is 8.64. The second kappa shape index (κ2) is 13.5. The van der Waals surface area contributed by atoms with Crippen molar-refractivity contribution in [3.05, 3.63) is 91.0 Å². The summed E-state index contributed by atoms with van der Waals surface area (Å²) in [6.07, 6.45) is 0. The number of aromatic nitrogens is 5. The molecule has 0 N–H and O–H groups in total. The number of hydrogen-bond acceptors (Lipinski definition) is 5. The van der Waals surface area contributed by atoms with Crippen LogP contribution in [0.4, 0.5) is 0 Å². The fourth-order valence-corrected chi connectivity index (χ4v) is 8.57. The molecule has 9 aromatic rings. The Labute approximate surface area is 335 Å². The molecule has 0 radical (unpaired) electrons. The highest BCUT2D eigenvalue weighted by Crippen LogP contribution is 2.34. The summed E-state index contributed by atoms with van der Waals surface area (Å²) in [5.74, 6) is 2.53. The lowest BCUT2D eigenvalue weighted by Gasteiger charge is -2.22. The molecule has 0 aliphatic carbocycles. The number of oxazole rings is 1. The molecule has 3 aromatic heterocycles. The third-order valence-electron chi connectivity index (χ3n) is 12.7. The molecule has 56 heavy (non-hydrogen) atoms. The predicted molar refractivity (Wildman–Crippen MR) is 265 cm³/mol. The van der Waals surface area contributed by atoms with Crippen LogP contribution in [0.2, 0.25) is 0 Å². The Hall–Kier alpha value is -5.75. The number of nitrogens with zero attached hydrogens (tertiary/aromatic N) is 5. The zero-order valence-electron chi connectivity index (χ0n) is 33.8. The third kappa shape index (κ3) is 5.56. The average Bonchev–Trinajstić information content (AvgIpc) is 3.80. The van der Waals surface area contributed by atoms with Crippen LogP contribution in [0.15, 0.2) is 95.4 Å². The van der Waals surface area contributed by atoms with Crippen LogP contribution in [-0.4, -0.2) is 103 Å². The molecule has 0 aliphatic heterocycles. The van der Waals surface area contributed by atoms with Crippen LogP contribution in [0.25, 0.3) is 84.2 Å². The zero-order valence-corrected chi connectivity index (χ0v) is 33.8. The lowest BCUT2D eigenvalue weighted by Crippen LogP contribution is -2.55. The van der Waals surface area contributed by atoms with Crippen molar-refractivity contribution in [2.75, 3.05) is 0 Å². The van der Waals surface area contributed by atoms with Crippen LogP contribution in [0.5, 0.6) is 0 Å². The maximum Gasteiger partial charge on any atom is 0.227 e. The van der Waals surface area contributed by atoms with Crippen LogP contribution in [-0.2, 0) is 0 Å². The molecule has 256 valence electrons. The summed E-state index contributed by atoms with van der Waals surface area (Å²) < 4.78 is 8.75. The molecule has 0 bridgehead atoms. The van der Waals surface area contributed by atoms with Crippen molar-refractivity contribution in [3.8, 4) is 51.3 Å². The molecule has 0 unspecified atom stereocenters. The Bertz CT molecular complexity index is 2930. The molecule has 0 amide bonds. The van der Waals surface area contributed by atoms with E-state index in [9.17, 15) is 0 Å². The fraction of sp³-hybridized carbons (Fsp3) is 0. The highest BCUT2D eigenvalue weighted by atomic mass is 16.3. The number of benzene rings is 6. The SMILES string of the molecule is Bc1c(B)c(B)c(-c2nc(-c3ccc4oc(-c5cccc(-n6c7ccccc7c7ccccc76)c5)nc4c3)nc(-c3c(B)c(B)c(B)c(B)c3B)n2)c(B)c1B. The van der Waals surface area contributed by atoms with Gasteiger partial charge in [0.25, 0.3) is 0 Å². The Balaban J connectivity index is 1.20. The topological polar surface area (TPSA) is 69.6 Å². The third-order valence-corrected chi connectivity index (χ3v) is 12.7. The summed E-state index contributed by atoms with van der Waals surface area (Å²) >= 11 is 0. The van der Waals surface area contributed by atoms with Gasteiger partial charge in [0.1, 0.15) is 84.0 Å². The second-order valence-corrected chi connectivity index (χ2v) is 15.4. The molecular formula is C40H35B10N5O. The van der Waals surface area contributed by atoms with Gasteiger partial charge in [-0.3, -0.25) is 0 Å². The first-order valence-corrected chi connectivity index (χ1v) is 19.3.